The number of aryl methyl sites for hydroxylation is 2. The van der Waals surface area contributed by atoms with Crippen molar-refractivity contribution in [3.8, 4) is 5.75 Å². The van der Waals surface area contributed by atoms with E-state index in [9.17, 15) is 9.59 Å². The normalized spacial score (nSPS) is 13.9. The third-order valence-electron chi connectivity index (χ3n) is 5.34. The molecule has 4 rings (SSSR count). The van der Waals surface area contributed by atoms with Crippen LogP contribution >= 0.6 is 11.8 Å². The topological polar surface area (TPSA) is 46.6 Å². The number of carbonyl (C=O) groups is 2. The zero-order chi connectivity index (χ0) is 23.5. The lowest BCUT2D eigenvalue weighted by Gasteiger charge is -2.18. The number of anilines is 1. The molecule has 0 spiro atoms. The van der Waals surface area contributed by atoms with Gasteiger partial charge in [0.1, 0.15) is 5.75 Å². The third kappa shape index (κ3) is 4.88. The molecule has 1 aliphatic rings. The first-order chi connectivity index (χ1) is 15.8. The minimum Gasteiger partial charge on any atom is -0.493 e. The van der Waals surface area contributed by atoms with Crippen LogP contribution in [0.1, 0.15) is 30.5 Å². The molecule has 3 aromatic rings. The summed E-state index contributed by atoms with van der Waals surface area (Å²) >= 11 is 1.33. The van der Waals surface area contributed by atoms with Crippen molar-refractivity contribution < 1.29 is 14.3 Å². The van der Waals surface area contributed by atoms with Crippen molar-refractivity contribution in [2.24, 2.45) is 5.92 Å². The number of benzene rings is 3. The Bertz CT molecular complexity index is 1210. The second kappa shape index (κ2) is 9.67. The molecule has 168 valence electrons. The van der Waals surface area contributed by atoms with Gasteiger partial charge in [-0.25, -0.2) is 4.90 Å². The summed E-state index contributed by atoms with van der Waals surface area (Å²) in [5, 5.41) is 0. The van der Waals surface area contributed by atoms with E-state index in [-0.39, 0.29) is 11.8 Å². The number of imide groups is 1. The maximum absolute atomic E-state index is 13.7. The Morgan fingerprint density at radius 1 is 0.879 bits per heavy atom. The molecule has 0 radical (unpaired) electrons. The van der Waals surface area contributed by atoms with Gasteiger partial charge >= 0.3 is 0 Å². The molecule has 0 fully saturated rings. The molecule has 33 heavy (non-hydrogen) atoms. The van der Waals surface area contributed by atoms with Crippen molar-refractivity contribution in [1.82, 2.24) is 0 Å². The summed E-state index contributed by atoms with van der Waals surface area (Å²) in [5.74, 6) is 0.565. The highest BCUT2D eigenvalue weighted by Gasteiger charge is 2.41. The first-order valence-electron chi connectivity index (χ1n) is 11.0. The minimum atomic E-state index is -0.303. The van der Waals surface area contributed by atoms with Crippen LogP contribution < -0.4 is 9.64 Å². The zero-order valence-electron chi connectivity index (χ0n) is 19.3. The summed E-state index contributed by atoms with van der Waals surface area (Å²) < 4.78 is 5.79. The van der Waals surface area contributed by atoms with E-state index in [2.05, 4.69) is 13.8 Å². The lowest BCUT2D eigenvalue weighted by molar-refractivity contribution is -0.119. The molecule has 0 aliphatic carbocycles. The predicted molar refractivity (Wildman–Crippen MR) is 134 cm³/mol. The van der Waals surface area contributed by atoms with E-state index < -0.39 is 0 Å². The number of rotatable bonds is 7. The number of thioether (sulfide) groups is 1. The molecule has 0 atom stereocenters. The smallest absolute Gasteiger partial charge is 0.272 e. The summed E-state index contributed by atoms with van der Waals surface area (Å²) in [5.41, 5.74) is 3.63. The largest absolute Gasteiger partial charge is 0.493 e. The minimum absolute atomic E-state index is 0.294. The van der Waals surface area contributed by atoms with Crippen LogP contribution in [0, 0.1) is 19.8 Å². The lowest BCUT2D eigenvalue weighted by atomic mass is 10.1. The Hall–Kier alpha value is -3.31. The number of hydrogen-bond acceptors (Lipinski definition) is 4. The SMILES string of the molecule is Cc1ccc(C)c(N2C(=O)C(Sc3ccccc3)=C(c3ccc(OCC(C)C)cc3)C2=O)c1. The van der Waals surface area contributed by atoms with Gasteiger partial charge in [-0.2, -0.15) is 0 Å². The first kappa shape index (κ1) is 22.9. The van der Waals surface area contributed by atoms with Crippen molar-refractivity contribution in [2.75, 3.05) is 11.5 Å². The van der Waals surface area contributed by atoms with Gasteiger partial charge in [0.25, 0.3) is 11.8 Å². The van der Waals surface area contributed by atoms with Crippen LogP contribution in [0.3, 0.4) is 0 Å². The second-order valence-electron chi connectivity index (χ2n) is 8.58. The summed E-state index contributed by atoms with van der Waals surface area (Å²) in [7, 11) is 0. The van der Waals surface area contributed by atoms with E-state index in [4.69, 9.17) is 4.74 Å². The predicted octanol–water partition coefficient (Wildman–Crippen LogP) is 6.42. The third-order valence-corrected chi connectivity index (χ3v) is 6.43. The fourth-order valence-electron chi connectivity index (χ4n) is 3.63. The molecule has 0 bridgehead atoms. The molecule has 4 nitrogen and oxygen atoms in total. The second-order valence-corrected chi connectivity index (χ2v) is 9.67. The van der Waals surface area contributed by atoms with E-state index in [1.807, 2.05) is 86.6 Å². The van der Waals surface area contributed by atoms with Gasteiger partial charge in [0.05, 0.1) is 22.8 Å². The van der Waals surface area contributed by atoms with Crippen LogP contribution in [-0.2, 0) is 9.59 Å². The molecule has 0 unspecified atom stereocenters. The molecule has 0 aromatic heterocycles. The van der Waals surface area contributed by atoms with E-state index in [1.54, 1.807) is 0 Å². The molecule has 3 aromatic carbocycles. The molecule has 1 aliphatic heterocycles. The first-order valence-corrected chi connectivity index (χ1v) is 11.8. The molecule has 2 amide bonds. The summed E-state index contributed by atoms with van der Waals surface area (Å²) in [4.78, 5) is 30.0. The van der Waals surface area contributed by atoms with Gasteiger partial charge < -0.3 is 4.74 Å². The molecule has 0 saturated heterocycles. The highest BCUT2D eigenvalue weighted by Crippen LogP contribution is 2.42. The zero-order valence-corrected chi connectivity index (χ0v) is 20.1. The summed E-state index contributed by atoms with van der Waals surface area (Å²) in [6.45, 7) is 8.68. The van der Waals surface area contributed by atoms with Crippen molar-refractivity contribution in [3.63, 3.8) is 0 Å². The van der Waals surface area contributed by atoms with Crippen LogP contribution in [0.25, 0.3) is 5.57 Å². The molecular formula is C28H27NO3S. The standard InChI is InChI=1S/C28H27NO3S/c1-18(2)17-32-22-14-12-21(13-15-22)25-26(33-23-8-6-5-7-9-23)28(31)29(27(25)30)24-16-19(3)10-11-20(24)4/h5-16,18H,17H2,1-4H3. The molecule has 1 heterocycles. The number of nitrogens with zero attached hydrogens (tertiary/aromatic N) is 1. The lowest BCUT2D eigenvalue weighted by Crippen LogP contribution is -2.32. The Morgan fingerprint density at radius 3 is 2.24 bits per heavy atom. The highest BCUT2D eigenvalue weighted by atomic mass is 32.2. The number of amides is 2. The van der Waals surface area contributed by atoms with Crippen LogP contribution in [0.15, 0.2) is 82.6 Å². The average Bonchev–Trinajstić information content (AvgIpc) is 3.04. The number of hydrogen-bond donors (Lipinski definition) is 0. The Kier molecular flexibility index (Phi) is 6.70. The van der Waals surface area contributed by atoms with Crippen molar-refractivity contribution in [1.29, 1.82) is 0 Å². The molecular weight excluding hydrogens is 430 g/mol. The fraction of sp³-hybridized carbons (Fsp3) is 0.214. The van der Waals surface area contributed by atoms with Gasteiger partial charge in [0.2, 0.25) is 0 Å². The van der Waals surface area contributed by atoms with E-state index >= 15 is 0 Å². The molecule has 0 saturated carbocycles. The van der Waals surface area contributed by atoms with Gasteiger partial charge in [-0.15, -0.1) is 0 Å². The van der Waals surface area contributed by atoms with Gasteiger partial charge in [-0.05, 0) is 66.8 Å². The van der Waals surface area contributed by atoms with Gasteiger partial charge in [0.15, 0.2) is 0 Å². The Balaban J connectivity index is 1.76. The van der Waals surface area contributed by atoms with Crippen LogP contribution in [0.4, 0.5) is 5.69 Å². The number of carbonyl (C=O) groups excluding carboxylic acids is 2. The Morgan fingerprint density at radius 2 is 1.58 bits per heavy atom. The van der Waals surface area contributed by atoms with Gasteiger partial charge in [-0.1, -0.05) is 68.1 Å². The Labute approximate surface area is 199 Å². The fourth-order valence-corrected chi connectivity index (χ4v) is 4.64. The van der Waals surface area contributed by atoms with E-state index in [0.717, 1.165) is 21.8 Å². The molecule has 0 N–H and O–H groups in total. The highest BCUT2D eigenvalue weighted by molar-refractivity contribution is 8.04. The van der Waals surface area contributed by atoms with Crippen LogP contribution in [0.2, 0.25) is 0 Å². The van der Waals surface area contributed by atoms with Gasteiger partial charge in [-0.3, -0.25) is 9.59 Å². The van der Waals surface area contributed by atoms with Crippen LogP contribution in [-0.4, -0.2) is 18.4 Å². The van der Waals surface area contributed by atoms with Crippen molar-refractivity contribution >= 4 is 34.8 Å². The van der Waals surface area contributed by atoms with Gasteiger partial charge in [0, 0.05) is 4.90 Å². The summed E-state index contributed by atoms with van der Waals surface area (Å²) in [6, 6.07) is 22.9. The van der Waals surface area contributed by atoms with Crippen molar-refractivity contribution in [2.45, 2.75) is 32.6 Å². The van der Waals surface area contributed by atoms with Crippen molar-refractivity contribution in [3.05, 3.63) is 94.4 Å². The maximum atomic E-state index is 13.7. The summed E-state index contributed by atoms with van der Waals surface area (Å²) in [6.07, 6.45) is 0. The van der Waals surface area contributed by atoms with Crippen LogP contribution in [0.5, 0.6) is 5.75 Å². The van der Waals surface area contributed by atoms with E-state index in [0.29, 0.717) is 34.3 Å². The average molecular weight is 458 g/mol. The monoisotopic (exact) mass is 457 g/mol. The van der Waals surface area contributed by atoms with E-state index in [1.165, 1.54) is 16.7 Å². The molecule has 5 heteroatoms. The quantitative estimate of drug-likeness (QED) is 0.384. The number of ether oxygens (including phenoxy) is 1. The maximum Gasteiger partial charge on any atom is 0.272 e.